The number of nitrogens with zero attached hydrogens (tertiary/aromatic N) is 1. The van der Waals surface area contributed by atoms with Gasteiger partial charge in [-0.1, -0.05) is 12.1 Å². The second-order valence-corrected chi connectivity index (χ2v) is 6.12. The Morgan fingerprint density at radius 3 is 2.70 bits per heavy atom. The van der Waals surface area contributed by atoms with Gasteiger partial charge in [0.15, 0.2) is 17.2 Å². The van der Waals surface area contributed by atoms with Crippen molar-refractivity contribution >= 4 is 23.9 Å². The second kappa shape index (κ2) is 8.04. The molecular formula is C22H14FNO6. The van der Waals surface area contributed by atoms with Crippen molar-refractivity contribution in [2.45, 2.75) is 0 Å². The summed E-state index contributed by atoms with van der Waals surface area (Å²) in [6, 6.07) is 13.3. The molecule has 4 rings (SSSR count). The maximum Gasteiger partial charge on any atom is 0.379 e. The summed E-state index contributed by atoms with van der Waals surface area (Å²) in [5, 5.41) is 0. The van der Waals surface area contributed by atoms with Crippen LogP contribution in [-0.2, 0) is 9.53 Å². The summed E-state index contributed by atoms with van der Waals surface area (Å²) < 4.78 is 34.1. The third-order valence-corrected chi connectivity index (χ3v) is 4.11. The molecule has 1 aliphatic heterocycles. The van der Waals surface area contributed by atoms with E-state index in [4.69, 9.17) is 18.6 Å². The fourth-order valence-corrected chi connectivity index (χ4v) is 2.72. The van der Waals surface area contributed by atoms with Crippen LogP contribution in [0.1, 0.15) is 21.7 Å². The highest BCUT2D eigenvalue weighted by atomic mass is 19.1. The average Bonchev–Trinajstić information content (AvgIpc) is 3.40. The van der Waals surface area contributed by atoms with Gasteiger partial charge in [0.05, 0.1) is 13.4 Å². The maximum atomic E-state index is 13.4. The van der Waals surface area contributed by atoms with Gasteiger partial charge in [-0.05, 0) is 54.1 Å². The monoisotopic (exact) mass is 407 g/mol. The number of ether oxygens (including phenoxy) is 3. The standard InChI is InChI=1S/C22H14FNO6/c1-27-19-11-13(7-8-17(19)29-22(26)18-6-3-9-28-18)10-16-21(25)30-20(24-16)14-4-2-5-15(23)12-14/h2-12H,1H3/b16-10-. The second-order valence-electron chi connectivity index (χ2n) is 6.12. The molecule has 1 aromatic heterocycles. The summed E-state index contributed by atoms with van der Waals surface area (Å²) >= 11 is 0. The Kier molecular flexibility index (Phi) is 5.13. The fraction of sp³-hybridized carbons (Fsp3) is 0.0455. The van der Waals surface area contributed by atoms with Crippen LogP contribution in [0, 0.1) is 5.82 Å². The van der Waals surface area contributed by atoms with Crippen LogP contribution >= 0.6 is 0 Å². The summed E-state index contributed by atoms with van der Waals surface area (Å²) in [5.74, 6) is -1.29. The molecule has 0 N–H and O–H groups in total. The van der Waals surface area contributed by atoms with E-state index in [-0.39, 0.29) is 28.9 Å². The molecule has 3 aromatic rings. The van der Waals surface area contributed by atoms with Gasteiger partial charge in [-0.15, -0.1) is 0 Å². The number of cyclic esters (lactones) is 1. The fourth-order valence-electron chi connectivity index (χ4n) is 2.72. The molecule has 1 aliphatic rings. The number of aliphatic imine (C=N–C) groups is 1. The largest absolute Gasteiger partial charge is 0.493 e. The molecule has 0 saturated carbocycles. The smallest absolute Gasteiger partial charge is 0.379 e. The van der Waals surface area contributed by atoms with Crippen molar-refractivity contribution in [3.05, 3.63) is 89.3 Å². The molecule has 0 bridgehead atoms. The van der Waals surface area contributed by atoms with Crippen LogP contribution in [0.3, 0.4) is 0 Å². The van der Waals surface area contributed by atoms with Crippen molar-refractivity contribution in [3.63, 3.8) is 0 Å². The van der Waals surface area contributed by atoms with Crippen molar-refractivity contribution in [2.75, 3.05) is 7.11 Å². The number of esters is 2. The highest BCUT2D eigenvalue weighted by Crippen LogP contribution is 2.30. The minimum Gasteiger partial charge on any atom is -0.493 e. The van der Waals surface area contributed by atoms with Crippen LogP contribution in [0.4, 0.5) is 4.39 Å². The van der Waals surface area contributed by atoms with Crippen molar-refractivity contribution in [2.24, 2.45) is 4.99 Å². The quantitative estimate of drug-likeness (QED) is 0.361. The Morgan fingerprint density at radius 2 is 1.97 bits per heavy atom. The first-order valence-corrected chi connectivity index (χ1v) is 8.76. The minimum atomic E-state index is -0.673. The van der Waals surface area contributed by atoms with Gasteiger partial charge in [0, 0.05) is 5.56 Å². The summed E-state index contributed by atoms with van der Waals surface area (Å²) in [7, 11) is 1.42. The Labute approximate surface area is 170 Å². The van der Waals surface area contributed by atoms with Crippen LogP contribution in [-0.4, -0.2) is 24.9 Å². The van der Waals surface area contributed by atoms with E-state index in [1.54, 1.807) is 24.3 Å². The molecule has 0 fully saturated rings. The highest BCUT2D eigenvalue weighted by molar-refractivity contribution is 6.12. The van der Waals surface area contributed by atoms with E-state index in [1.807, 2.05) is 0 Å². The molecule has 0 atom stereocenters. The lowest BCUT2D eigenvalue weighted by Crippen LogP contribution is -2.08. The molecule has 0 aliphatic carbocycles. The van der Waals surface area contributed by atoms with E-state index in [9.17, 15) is 14.0 Å². The number of hydrogen-bond acceptors (Lipinski definition) is 7. The van der Waals surface area contributed by atoms with Crippen molar-refractivity contribution in [3.8, 4) is 11.5 Å². The van der Waals surface area contributed by atoms with Gasteiger partial charge < -0.3 is 18.6 Å². The number of carbonyl (C=O) groups excluding carboxylic acids is 2. The average molecular weight is 407 g/mol. The van der Waals surface area contributed by atoms with Crippen molar-refractivity contribution < 1.29 is 32.6 Å². The first kappa shape index (κ1) is 19.1. The van der Waals surface area contributed by atoms with Gasteiger partial charge >= 0.3 is 11.9 Å². The van der Waals surface area contributed by atoms with Crippen LogP contribution < -0.4 is 9.47 Å². The van der Waals surface area contributed by atoms with Gasteiger partial charge in [-0.25, -0.2) is 19.0 Å². The number of halogens is 1. The summed E-state index contributed by atoms with van der Waals surface area (Å²) in [5.41, 5.74) is 0.946. The molecule has 30 heavy (non-hydrogen) atoms. The van der Waals surface area contributed by atoms with E-state index >= 15 is 0 Å². The number of carbonyl (C=O) groups is 2. The molecule has 0 amide bonds. The molecule has 0 saturated heterocycles. The maximum absolute atomic E-state index is 13.4. The summed E-state index contributed by atoms with van der Waals surface area (Å²) in [4.78, 5) is 28.3. The van der Waals surface area contributed by atoms with E-state index in [1.165, 1.54) is 49.8 Å². The van der Waals surface area contributed by atoms with E-state index in [2.05, 4.69) is 4.99 Å². The van der Waals surface area contributed by atoms with Crippen molar-refractivity contribution in [1.29, 1.82) is 0 Å². The first-order chi connectivity index (χ1) is 14.5. The van der Waals surface area contributed by atoms with E-state index < -0.39 is 17.8 Å². The molecular weight excluding hydrogens is 393 g/mol. The Hall–Kier alpha value is -4.20. The molecule has 150 valence electrons. The molecule has 8 heteroatoms. The third-order valence-electron chi connectivity index (χ3n) is 4.11. The van der Waals surface area contributed by atoms with Crippen molar-refractivity contribution in [1.82, 2.24) is 0 Å². The SMILES string of the molecule is COc1cc(/C=C2\N=C(c3cccc(F)c3)OC2=O)ccc1OC(=O)c1ccco1. The minimum absolute atomic E-state index is 0.0155. The van der Waals surface area contributed by atoms with Crippen LogP contribution in [0.2, 0.25) is 0 Å². The summed E-state index contributed by atoms with van der Waals surface area (Å²) in [6.07, 6.45) is 2.84. The summed E-state index contributed by atoms with van der Waals surface area (Å²) in [6.45, 7) is 0. The number of hydrogen-bond donors (Lipinski definition) is 0. The Morgan fingerprint density at radius 1 is 1.10 bits per heavy atom. The zero-order chi connectivity index (χ0) is 21.1. The van der Waals surface area contributed by atoms with E-state index in [0.717, 1.165) is 0 Å². The number of benzene rings is 2. The molecule has 2 aromatic carbocycles. The van der Waals surface area contributed by atoms with Gasteiger partial charge in [-0.2, -0.15) is 0 Å². The normalized spacial score (nSPS) is 14.4. The molecule has 0 unspecified atom stereocenters. The number of rotatable bonds is 5. The van der Waals surface area contributed by atoms with Gasteiger partial charge in [0.2, 0.25) is 11.7 Å². The molecule has 7 nitrogen and oxygen atoms in total. The lowest BCUT2D eigenvalue weighted by molar-refractivity contribution is -0.129. The van der Waals surface area contributed by atoms with Gasteiger partial charge in [0.1, 0.15) is 5.82 Å². The molecule has 0 radical (unpaired) electrons. The predicted molar refractivity (Wildman–Crippen MR) is 104 cm³/mol. The molecule has 2 heterocycles. The lowest BCUT2D eigenvalue weighted by atomic mass is 10.1. The van der Waals surface area contributed by atoms with E-state index in [0.29, 0.717) is 11.1 Å². The number of methoxy groups -OCH3 is 1. The Balaban J connectivity index is 1.59. The van der Waals surface area contributed by atoms with Crippen LogP contribution in [0.25, 0.3) is 6.08 Å². The van der Waals surface area contributed by atoms with Crippen LogP contribution in [0.15, 0.2) is 76.0 Å². The lowest BCUT2D eigenvalue weighted by Gasteiger charge is -2.09. The zero-order valence-corrected chi connectivity index (χ0v) is 15.6. The van der Waals surface area contributed by atoms with Gasteiger partial charge in [0.25, 0.3) is 0 Å². The third kappa shape index (κ3) is 3.97. The zero-order valence-electron chi connectivity index (χ0n) is 15.6. The first-order valence-electron chi connectivity index (χ1n) is 8.76. The van der Waals surface area contributed by atoms with Gasteiger partial charge in [-0.3, -0.25) is 0 Å². The number of furan rings is 1. The van der Waals surface area contributed by atoms with Crippen LogP contribution in [0.5, 0.6) is 11.5 Å². The molecule has 0 spiro atoms. The Bertz CT molecular complexity index is 1180. The topological polar surface area (TPSA) is 87.3 Å². The predicted octanol–water partition coefficient (Wildman–Crippen LogP) is 3.99. The highest BCUT2D eigenvalue weighted by Gasteiger charge is 2.24.